The number of nitrogens with one attached hydrogen (secondary N) is 1. The quantitative estimate of drug-likeness (QED) is 0.302. The van der Waals surface area contributed by atoms with Crippen molar-refractivity contribution < 1.29 is 28.5 Å². The first-order chi connectivity index (χ1) is 16.9. The third-order valence-corrected chi connectivity index (χ3v) is 6.80. The van der Waals surface area contributed by atoms with E-state index in [1.807, 2.05) is 6.07 Å². The molecular weight excluding hydrogens is 571 g/mol. The standard InChI is InChI=1S/C25H18F2IN3O4/c26-16-8-18-23(31-25(30-18)35-20-11-34-19(10-32)24(20)33)22(27)21(16)14-4-2-13(3-5-14)15-6-1-12(9-29)7-17(15)28/h1-8,19-20,24,32-33H,10-11H2,(H,30,31)/t19-,20-,24-/m1/s1. The summed E-state index contributed by atoms with van der Waals surface area (Å²) in [6.07, 6.45) is -2.67. The van der Waals surface area contributed by atoms with Crippen LogP contribution in [0.3, 0.4) is 0 Å². The Morgan fingerprint density at radius 1 is 1.17 bits per heavy atom. The Balaban J connectivity index is 1.45. The number of benzene rings is 3. The molecule has 1 fully saturated rings. The van der Waals surface area contributed by atoms with Gasteiger partial charge in [-0.05, 0) is 51.4 Å². The monoisotopic (exact) mass is 589 g/mol. The average molecular weight is 589 g/mol. The maximum atomic E-state index is 15.4. The van der Waals surface area contributed by atoms with Crippen LogP contribution in [0.15, 0.2) is 48.5 Å². The molecule has 4 aromatic rings. The lowest BCUT2D eigenvalue weighted by atomic mass is 9.98. The number of fused-ring (bicyclic) bond motifs is 1. The lowest BCUT2D eigenvalue weighted by Gasteiger charge is -2.15. The van der Waals surface area contributed by atoms with Crippen molar-refractivity contribution in [2.75, 3.05) is 13.2 Å². The lowest BCUT2D eigenvalue weighted by Crippen LogP contribution is -2.36. The Morgan fingerprint density at radius 2 is 1.91 bits per heavy atom. The number of H-pyrrole nitrogens is 1. The molecule has 0 aliphatic carbocycles. The number of ether oxygens (including phenoxy) is 2. The number of aromatic amines is 1. The first-order valence-electron chi connectivity index (χ1n) is 10.6. The van der Waals surface area contributed by atoms with Gasteiger partial charge in [0.2, 0.25) is 0 Å². The molecule has 35 heavy (non-hydrogen) atoms. The highest BCUT2D eigenvalue weighted by molar-refractivity contribution is 14.1. The van der Waals surface area contributed by atoms with Gasteiger partial charge < -0.3 is 24.7 Å². The third kappa shape index (κ3) is 4.36. The molecule has 1 aliphatic rings. The van der Waals surface area contributed by atoms with Crippen LogP contribution in [0, 0.1) is 26.5 Å². The second-order valence-corrected chi connectivity index (χ2v) is 9.23. The van der Waals surface area contributed by atoms with Gasteiger partial charge in [-0.1, -0.05) is 30.3 Å². The molecule has 0 bridgehead atoms. The molecule has 0 radical (unpaired) electrons. The normalized spacial score (nSPS) is 19.7. The molecule has 2 heterocycles. The van der Waals surface area contributed by atoms with Gasteiger partial charge in [-0.25, -0.2) is 8.78 Å². The van der Waals surface area contributed by atoms with Gasteiger partial charge in [-0.3, -0.25) is 0 Å². The summed E-state index contributed by atoms with van der Waals surface area (Å²) in [6, 6.07) is 15.3. The first kappa shape index (κ1) is 23.6. The number of halogens is 3. The van der Waals surface area contributed by atoms with Gasteiger partial charge in [0.25, 0.3) is 6.01 Å². The van der Waals surface area contributed by atoms with Crippen molar-refractivity contribution in [1.82, 2.24) is 9.97 Å². The fourth-order valence-corrected chi connectivity index (χ4v) is 4.90. The minimum absolute atomic E-state index is 0.0239. The zero-order chi connectivity index (χ0) is 24.7. The number of nitriles is 1. The zero-order valence-corrected chi connectivity index (χ0v) is 20.2. The maximum Gasteiger partial charge on any atom is 0.295 e. The van der Waals surface area contributed by atoms with Gasteiger partial charge in [0.1, 0.15) is 23.5 Å². The topological polar surface area (TPSA) is 111 Å². The fraction of sp³-hybridized carbons (Fsp3) is 0.200. The van der Waals surface area contributed by atoms with Crippen LogP contribution < -0.4 is 4.74 Å². The van der Waals surface area contributed by atoms with E-state index in [1.54, 1.807) is 36.4 Å². The molecule has 0 unspecified atom stereocenters. The van der Waals surface area contributed by atoms with E-state index in [1.165, 1.54) is 0 Å². The van der Waals surface area contributed by atoms with E-state index in [0.29, 0.717) is 11.1 Å². The van der Waals surface area contributed by atoms with Crippen LogP contribution in [0.2, 0.25) is 0 Å². The van der Waals surface area contributed by atoms with Crippen molar-refractivity contribution in [3.8, 4) is 34.3 Å². The minimum atomic E-state index is -1.08. The highest BCUT2D eigenvalue weighted by atomic mass is 127. The smallest absolute Gasteiger partial charge is 0.295 e. The summed E-state index contributed by atoms with van der Waals surface area (Å²) in [5, 5.41) is 28.4. The molecule has 1 aliphatic heterocycles. The average Bonchev–Trinajstić information content (AvgIpc) is 3.42. The fourth-order valence-electron chi connectivity index (χ4n) is 4.08. The summed E-state index contributed by atoms with van der Waals surface area (Å²) in [5.41, 5.74) is 2.43. The number of hydrogen-bond acceptors (Lipinski definition) is 6. The van der Waals surface area contributed by atoms with E-state index in [-0.39, 0.29) is 35.8 Å². The Bertz CT molecular complexity index is 1450. The molecule has 5 rings (SSSR count). The molecule has 10 heteroatoms. The van der Waals surface area contributed by atoms with E-state index in [2.05, 4.69) is 38.6 Å². The number of aliphatic hydroxyl groups excluding tert-OH is 2. The van der Waals surface area contributed by atoms with E-state index < -0.39 is 29.9 Å². The molecule has 3 aromatic carbocycles. The predicted octanol–water partition coefficient (Wildman–Crippen LogP) is 4.15. The highest BCUT2D eigenvalue weighted by Gasteiger charge is 2.37. The van der Waals surface area contributed by atoms with E-state index in [9.17, 15) is 14.6 Å². The number of aliphatic hydroxyl groups is 2. The molecule has 0 spiro atoms. The van der Waals surface area contributed by atoms with Crippen LogP contribution in [0.25, 0.3) is 33.3 Å². The van der Waals surface area contributed by atoms with Crippen molar-refractivity contribution >= 4 is 33.6 Å². The van der Waals surface area contributed by atoms with Gasteiger partial charge in [0.05, 0.1) is 35.9 Å². The van der Waals surface area contributed by atoms with E-state index in [0.717, 1.165) is 20.8 Å². The molecule has 1 saturated heterocycles. The number of hydrogen-bond donors (Lipinski definition) is 3. The summed E-state index contributed by atoms with van der Waals surface area (Å²) in [5.74, 6) is -1.61. The van der Waals surface area contributed by atoms with E-state index in [4.69, 9.17) is 14.7 Å². The zero-order valence-electron chi connectivity index (χ0n) is 18.0. The molecule has 3 atom stereocenters. The van der Waals surface area contributed by atoms with Crippen LogP contribution in [0.5, 0.6) is 6.01 Å². The Labute approximate surface area is 212 Å². The van der Waals surface area contributed by atoms with Crippen LogP contribution in [-0.4, -0.2) is 51.7 Å². The lowest BCUT2D eigenvalue weighted by molar-refractivity contribution is -0.00390. The van der Waals surface area contributed by atoms with Gasteiger partial charge in [0.15, 0.2) is 11.9 Å². The van der Waals surface area contributed by atoms with Crippen LogP contribution in [0.1, 0.15) is 5.56 Å². The second-order valence-electron chi connectivity index (χ2n) is 8.07. The molecule has 3 N–H and O–H groups in total. The summed E-state index contributed by atoms with van der Waals surface area (Å²) >= 11 is 2.15. The Morgan fingerprint density at radius 3 is 2.57 bits per heavy atom. The van der Waals surface area contributed by atoms with Gasteiger partial charge >= 0.3 is 0 Å². The maximum absolute atomic E-state index is 15.4. The van der Waals surface area contributed by atoms with Crippen molar-refractivity contribution in [2.45, 2.75) is 18.3 Å². The summed E-state index contributed by atoms with van der Waals surface area (Å²) < 4.78 is 42.1. The third-order valence-electron chi connectivity index (χ3n) is 5.91. The Hall–Kier alpha value is -3.11. The second kappa shape index (κ2) is 9.50. The molecular formula is C25H18F2IN3O4. The SMILES string of the molecule is N#Cc1ccc(-c2ccc(-c3c(F)cc4[nH]c(O[C@@H]5CO[C@H](CO)[C@H]5O)nc4c3F)cc2)c(I)c1. The number of imidazole rings is 1. The first-order valence-corrected chi connectivity index (χ1v) is 11.7. The predicted molar refractivity (Wildman–Crippen MR) is 132 cm³/mol. The molecule has 0 amide bonds. The molecule has 1 aromatic heterocycles. The largest absolute Gasteiger partial charge is 0.456 e. The van der Waals surface area contributed by atoms with Crippen molar-refractivity contribution in [3.05, 3.63) is 69.3 Å². The number of aromatic nitrogens is 2. The minimum Gasteiger partial charge on any atom is -0.456 e. The summed E-state index contributed by atoms with van der Waals surface area (Å²) in [6.45, 7) is -0.344. The van der Waals surface area contributed by atoms with E-state index >= 15 is 4.39 Å². The number of nitrogens with zero attached hydrogens (tertiary/aromatic N) is 2. The van der Waals surface area contributed by atoms with Crippen LogP contribution >= 0.6 is 22.6 Å². The van der Waals surface area contributed by atoms with Crippen molar-refractivity contribution in [2.24, 2.45) is 0 Å². The van der Waals surface area contributed by atoms with Crippen LogP contribution in [0.4, 0.5) is 8.78 Å². The van der Waals surface area contributed by atoms with Gasteiger partial charge in [-0.2, -0.15) is 10.2 Å². The molecule has 7 nitrogen and oxygen atoms in total. The van der Waals surface area contributed by atoms with Crippen molar-refractivity contribution in [3.63, 3.8) is 0 Å². The molecule has 178 valence electrons. The Kier molecular flexibility index (Phi) is 6.41. The van der Waals surface area contributed by atoms with Crippen LogP contribution in [-0.2, 0) is 4.74 Å². The summed E-state index contributed by atoms with van der Waals surface area (Å²) in [7, 11) is 0. The van der Waals surface area contributed by atoms with Crippen molar-refractivity contribution in [1.29, 1.82) is 5.26 Å². The summed E-state index contributed by atoms with van der Waals surface area (Å²) in [4.78, 5) is 6.82. The van der Waals surface area contributed by atoms with Gasteiger partial charge in [0, 0.05) is 9.64 Å². The van der Waals surface area contributed by atoms with Gasteiger partial charge in [-0.15, -0.1) is 0 Å². The highest BCUT2D eigenvalue weighted by Crippen LogP contribution is 2.34. The molecule has 0 saturated carbocycles. The number of rotatable bonds is 5.